The van der Waals surface area contributed by atoms with Crippen LogP contribution in [0.5, 0.6) is 5.75 Å². The lowest BCUT2D eigenvalue weighted by molar-refractivity contribution is 0.0694. The zero-order valence-corrected chi connectivity index (χ0v) is 7.88. The largest absolute Gasteiger partial charge is 0.540 e. The minimum atomic E-state index is -1.14. The van der Waals surface area contributed by atoms with Crippen LogP contribution in [-0.4, -0.2) is 29.2 Å². The smallest absolute Gasteiger partial charge is 0.534 e. The fourth-order valence-corrected chi connectivity index (χ4v) is 1.62. The Labute approximate surface area is 86.6 Å². The Balaban J connectivity index is 2.48. The van der Waals surface area contributed by atoms with Gasteiger partial charge in [-0.3, -0.25) is 0 Å². The monoisotopic (exact) mass is 207 g/mol. The van der Waals surface area contributed by atoms with Crippen molar-refractivity contribution in [3.63, 3.8) is 0 Å². The molecule has 0 saturated heterocycles. The summed E-state index contributed by atoms with van der Waals surface area (Å²) in [4.78, 5) is 10.9. The first-order valence-electron chi connectivity index (χ1n) is 4.55. The molecule has 1 atom stereocenters. The summed E-state index contributed by atoms with van der Waals surface area (Å²) in [5.41, 5.74) is 6.37. The van der Waals surface area contributed by atoms with Gasteiger partial charge in [0.1, 0.15) is 5.75 Å². The lowest BCUT2D eigenvalue weighted by Crippen LogP contribution is -2.48. The molecule has 5 nitrogen and oxygen atoms in total. The van der Waals surface area contributed by atoms with Crippen LogP contribution >= 0.6 is 0 Å². The fraction of sp³-hybridized carbons (Fsp3) is 0.222. The van der Waals surface area contributed by atoms with E-state index >= 15 is 0 Å². The molecule has 0 aromatic heterocycles. The quantitative estimate of drug-likeness (QED) is 0.548. The number of hydrogen-bond donors (Lipinski definition) is 3. The predicted molar refractivity (Wildman–Crippen MR) is 53.7 cm³/mol. The summed E-state index contributed by atoms with van der Waals surface area (Å²) in [5.74, 6) is -1.37. The highest BCUT2D eigenvalue weighted by molar-refractivity contribution is 6.46. The minimum absolute atomic E-state index is 0.0541. The van der Waals surface area contributed by atoms with Gasteiger partial charge in [-0.15, -0.1) is 0 Å². The van der Waals surface area contributed by atoms with E-state index in [0.29, 0.717) is 12.0 Å². The zero-order chi connectivity index (χ0) is 11.0. The van der Waals surface area contributed by atoms with Gasteiger partial charge in [0.05, 0.1) is 11.5 Å². The molecular weight excluding hydrogens is 197 g/mol. The third-order valence-electron chi connectivity index (χ3n) is 2.39. The molecule has 0 amide bonds. The summed E-state index contributed by atoms with van der Waals surface area (Å²) in [6.07, 6.45) is 0.414. The van der Waals surface area contributed by atoms with E-state index in [-0.39, 0.29) is 11.3 Å². The number of hydrogen-bond acceptors (Lipinski definition) is 4. The van der Waals surface area contributed by atoms with Gasteiger partial charge in [0.2, 0.25) is 0 Å². The first-order valence-corrected chi connectivity index (χ1v) is 4.55. The van der Waals surface area contributed by atoms with Crippen molar-refractivity contribution in [1.82, 2.24) is 0 Å². The summed E-state index contributed by atoms with van der Waals surface area (Å²) in [5, 5.41) is 18.3. The van der Waals surface area contributed by atoms with Crippen molar-refractivity contribution in [3.8, 4) is 5.75 Å². The standard InChI is InChI=1S/C9H10BNO4/c11-7-4-5-2-1-3-6(9(12)13)8(5)15-10(7)14/h1-3,7,14H,4,11H2,(H,12,13). The average molecular weight is 207 g/mol. The van der Waals surface area contributed by atoms with E-state index in [1.807, 2.05) is 0 Å². The third-order valence-corrected chi connectivity index (χ3v) is 2.39. The Hall–Kier alpha value is -1.53. The first kappa shape index (κ1) is 10.0. The highest BCUT2D eigenvalue weighted by Crippen LogP contribution is 2.29. The second-order valence-electron chi connectivity index (χ2n) is 3.48. The number of fused-ring (bicyclic) bond motifs is 1. The summed E-state index contributed by atoms with van der Waals surface area (Å²) in [7, 11) is -1.14. The molecule has 1 heterocycles. The van der Waals surface area contributed by atoms with E-state index in [1.54, 1.807) is 12.1 Å². The van der Waals surface area contributed by atoms with Gasteiger partial charge in [-0.05, 0) is 18.1 Å². The summed E-state index contributed by atoms with van der Waals surface area (Å²) >= 11 is 0. The number of aromatic carboxylic acids is 1. The number of nitrogens with two attached hydrogens (primary N) is 1. The molecule has 0 aliphatic carbocycles. The van der Waals surface area contributed by atoms with Crippen LogP contribution in [0.15, 0.2) is 18.2 Å². The van der Waals surface area contributed by atoms with Crippen LogP contribution in [0.2, 0.25) is 0 Å². The minimum Gasteiger partial charge on any atom is -0.534 e. The molecule has 0 spiro atoms. The van der Waals surface area contributed by atoms with Crippen molar-refractivity contribution < 1.29 is 19.6 Å². The molecule has 0 radical (unpaired) electrons. The van der Waals surface area contributed by atoms with E-state index in [2.05, 4.69) is 0 Å². The lowest BCUT2D eigenvalue weighted by atomic mass is 9.73. The van der Waals surface area contributed by atoms with E-state index in [0.717, 1.165) is 0 Å². The molecule has 15 heavy (non-hydrogen) atoms. The van der Waals surface area contributed by atoms with Crippen molar-refractivity contribution >= 4 is 13.1 Å². The van der Waals surface area contributed by atoms with E-state index < -0.39 is 19.0 Å². The van der Waals surface area contributed by atoms with Crippen molar-refractivity contribution in [2.45, 2.75) is 12.4 Å². The Morgan fingerprint density at radius 2 is 2.33 bits per heavy atom. The number of para-hydroxylation sites is 1. The Bertz CT molecular complexity index is 409. The van der Waals surface area contributed by atoms with Gasteiger partial charge in [-0.1, -0.05) is 12.1 Å². The number of rotatable bonds is 1. The van der Waals surface area contributed by atoms with Crippen LogP contribution < -0.4 is 10.4 Å². The van der Waals surface area contributed by atoms with E-state index in [1.165, 1.54) is 6.07 Å². The van der Waals surface area contributed by atoms with Gasteiger partial charge in [-0.25, -0.2) is 4.79 Å². The molecule has 1 unspecified atom stereocenters. The summed E-state index contributed by atoms with van der Waals surface area (Å²) < 4.78 is 5.09. The highest BCUT2D eigenvalue weighted by Gasteiger charge is 2.33. The lowest BCUT2D eigenvalue weighted by Gasteiger charge is -2.25. The molecule has 6 heteroatoms. The highest BCUT2D eigenvalue weighted by atomic mass is 16.5. The third kappa shape index (κ3) is 1.69. The predicted octanol–water partition coefficient (Wildman–Crippen LogP) is -0.333. The van der Waals surface area contributed by atoms with Crippen LogP contribution in [-0.2, 0) is 6.42 Å². The number of carbonyl (C=O) groups is 1. The normalized spacial score (nSPS) is 19.3. The number of carboxylic acids is 1. The first-order chi connectivity index (χ1) is 7.09. The summed E-state index contributed by atoms with van der Waals surface area (Å²) in [6.45, 7) is 0. The Morgan fingerprint density at radius 1 is 1.60 bits per heavy atom. The van der Waals surface area contributed by atoms with E-state index in [9.17, 15) is 9.82 Å². The SMILES string of the molecule is NC1Cc2cccc(C(=O)O)c2OB1O. The molecule has 0 fully saturated rings. The maximum Gasteiger partial charge on any atom is 0.540 e. The van der Waals surface area contributed by atoms with E-state index in [4.69, 9.17) is 15.5 Å². The maximum absolute atomic E-state index is 10.9. The summed E-state index contributed by atoms with van der Waals surface area (Å²) in [6, 6.07) is 4.81. The molecule has 4 N–H and O–H groups in total. The molecule has 2 rings (SSSR count). The maximum atomic E-state index is 10.9. The van der Waals surface area contributed by atoms with Crippen molar-refractivity contribution in [3.05, 3.63) is 29.3 Å². The molecule has 1 aromatic carbocycles. The zero-order valence-electron chi connectivity index (χ0n) is 7.88. The van der Waals surface area contributed by atoms with Crippen LogP contribution in [0, 0.1) is 0 Å². The Morgan fingerprint density at radius 3 is 3.00 bits per heavy atom. The number of benzene rings is 1. The van der Waals surface area contributed by atoms with Gasteiger partial charge in [-0.2, -0.15) is 0 Å². The number of carboxylic acid groups (broad SMARTS) is 1. The van der Waals surface area contributed by atoms with Crippen LogP contribution in [0.25, 0.3) is 0 Å². The molecule has 1 aliphatic rings. The van der Waals surface area contributed by atoms with Crippen molar-refractivity contribution in [2.75, 3.05) is 0 Å². The molecule has 1 aromatic rings. The fourth-order valence-electron chi connectivity index (χ4n) is 1.62. The van der Waals surface area contributed by atoms with Crippen LogP contribution in [0.1, 0.15) is 15.9 Å². The average Bonchev–Trinajstić information content (AvgIpc) is 2.18. The van der Waals surface area contributed by atoms with Gasteiger partial charge < -0.3 is 20.5 Å². The second-order valence-corrected chi connectivity index (χ2v) is 3.48. The molecule has 0 saturated carbocycles. The Kier molecular flexibility index (Phi) is 2.38. The van der Waals surface area contributed by atoms with Gasteiger partial charge in [0.25, 0.3) is 0 Å². The topological polar surface area (TPSA) is 92.8 Å². The second kappa shape index (κ2) is 3.56. The van der Waals surface area contributed by atoms with Gasteiger partial charge in [0, 0.05) is 0 Å². The van der Waals surface area contributed by atoms with Crippen molar-refractivity contribution in [2.24, 2.45) is 5.73 Å². The van der Waals surface area contributed by atoms with Gasteiger partial charge in [0.15, 0.2) is 0 Å². The molecular formula is C9H10BNO4. The molecule has 1 aliphatic heterocycles. The molecule has 0 bridgehead atoms. The van der Waals surface area contributed by atoms with Gasteiger partial charge >= 0.3 is 13.1 Å². The van der Waals surface area contributed by atoms with Crippen LogP contribution in [0.3, 0.4) is 0 Å². The van der Waals surface area contributed by atoms with Crippen LogP contribution in [0.4, 0.5) is 0 Å². The molecule has 78 valence electrons. The van der Waals surface area contributed by atoms with Crippen molar-refractivity contribution in [1.29, 1.82) is 0 Å².